The molecule has 0 fully saturated rings. The third-order valence-electron chi connectivity index (χ3n) is 1.90. The van der Waals surface area contributed by atoms with Gasteiger partial charge in [-0.3, -0.25) is 0 Å². The van der Waals surface area contributed by atoms with E-state index < -0.39 is 0 Å². The molecule has 0 amide bonds. The van der Waals surface area contributed by atoms with Crippen molar-refractivity contribution in [1.82, 2.24) is 4.98 Å². The number of aliphatic hydroxyl groups excluding tert-OH is 1. The molecule has 68 valence electrons. The number of hydrogen-bond acceptors (Lipinski definition) is 4. The third kappa shape index (κ3) is 1.65. The lowest BCUT2D eigenvalue weighted by Crippen LogP contribution is -2.16. The molecule has 4 heteroatoms. The van der Waals surface area contributed by atoms with Crippen LogP contribution in [0, 0.1) is 13.8 Å². The molecule has 0 aliphatic rings. The monoisotopic (exact) mass is 170 g/mol. The fraction of sp³-hybridized carbons (Fsp3) is 0.625. The summed E-state index contributed by atoms with van der Waals surface area (Å²) in [6.45, 7) is 4.05. The van der Waals surface area contributed by atoms with E-state index in [0.29, 0.717) is 12.4 Å². The van der Waals surface area contributed by atoms with Gasteiger partial charge < -0.3 is 15.3 Å². The normalized spacial score (nSPS) is 13.3. The van der Waals surface area contributed by atoms with Crippen molar-refractivity contribution >= 4 is 0 Å². The third-order valence-corrected chi connectivity index (χ3v) is 1.90. The molecule has 1 aromatic heterocycles. The molecule has 1 heterocycles. The van der Waals surface area contributed by atoms with Gasteiger partial charge in [0.15, 0.2) is 0 Å². The van der Waals surface area contributed by atoms with Crippen LogP contribution in [0.15, 0.2) is 4.42 Å². The summed E-state index contributed by atoms with van der Waals surface area (Å²) in [4.78, 5) is 4.15. The molecule has 0 aromatic carbocycles. The number of aryl methyl sites for hydroxylation is 2. The zero-order valence-corrected chi connectivity index (χ0v) is 7.37. The predicted octanol–water partition coefficient (Wildman–Crippen LogP) is 0.326. The number of nitrogens with zero attached hydrogens (tertiary/aromatic N) is 1. The van der Waals surface area contributed by atoms with Gasteiger partial charge >= 0.3 is 0 Å². The van der Waals surface area contributed by atoms with Crippen molar-refractivity contribution in [3.8, 4) is 0 Å². The SMILES string of the molecule is Cc1nc(C(CN)CO)oc1C. The van der Waals surface area contributed by atoms with Crippen LogP contribution in [0.2, 0.25) is 0 Å². The molecule has 0 saturated carbocycles. The summed E-state index contributed by atoms with van der Waals surface area (Å²) in [7, 11) is 0. The maximum Gasteiger partial charge on any atom is 0.201 e. The van der Waals surface area contributed by atoms with Crippen LogP contribution in [-0.4, -0.2) is 23.2 Å². The Kier molecular flexibility index (Phi) is 2.83. The van der Waals surface area contributed by atoms with Crippen molar-refractivity contribution in [2.24, 2.45) is 5.73 Å². The minimum absolute atomic E-state index is 0.0180. The van der Waals surface area contributed by atoms with Gasteiger partial charge in [-0.1, -0.05) is 0 Å². The molecule has 0 spiro atoms. The maximum absolute atomic E-state index is 8.90. The Morgan fingerprint density at radius 3 is 2.58 bits per heavy atom. The summed E-state index contributed by atoms with van der Waals surface area (Å²) in [5.41, 5.74) is 6.27. The van der Waals surface area contributed by atoms with Gasteiger partial charge in [-0.25, -0.2) is 4.98 Å². The molecule has 4 nitrogen and oxygen atoms in total. The van der Waals surface area contributed by atoms with Gasteiger partial charge in [-0.2, -0.15) is 0 Å². The molecular weight excluding hydrogens is 156 g/mol. The Hall–Kier alpha value is -0.870. The van der Waals surface area contributed by atoms with E-state index in [1.54, 1.807) is 0 Å². The lowest BCUT2D eigenvalue weighted by molar-refractivity contribution is 0.246. The molecule has 12 heavy (non-hydrogen) atoms. The molecule has 0 radical (unpaired) electrons. The molecule has 1 atom stereocenters. The van der Waals surface area contributed by atoms with Gasteiger partial charge in [0.05, 0.1) is 18.2 Å². The van der Waals surface area contributed by atoms with Gasteiger partial charge in [0.25, 0.3) is 0 Å². The summed E-state index contributed by atoms with van der Waals surface area (Å²) in [5, 5.41) is 8.90. The van der Waals surface area contributed by atoms with E-state index in [2.05, 4.69) is 4.98 Å². The minimum Gasteiger partial charge on any atom is -0.445 e. The van der Waals surface area contributed by atoms with Crippen LogP contribution < -0.4 is 5.73 Å². The molecular formula is C8H14N2O2. The van der Waals surface area contributed by atoms with Crippen LogP contribution >= 0.6 is 0 Å². The van der Waals surface area contributed by atoms with E-state index in [4.69, 9.17) is 15.3 Å². The Labute approximate surface area is 71.4 Å². The summed E-state index contributed by atoms with van der Waals surface area (Å²) in [6.07, 6.45) is 0. The number of hydrogen-bond donors (Lipinski definition) is 2. The molecule has 0 aliphatic carbocycles. The standard InChI is InChI=1S/C8H14N2O2/c1-5-6(2)12-8(10-5)7(3-9)4-11/h7,11H,3-4,9H2,1-2H3. The number of aromatic nitrogens is 1. The summed E-state index contributed by atoms with van der Waals surface area (Å²) >= 11 is 0. The zero-order valence-electron chi connectivity index (χ0n) is 7.37. The van der Waals surface area contributed by atoms with E-state index in [9.17, 15) is 0 Å². The van der Waals surface area contributed by atoms with Crippen molar-refractivity contribution in [2.45, 2.75) is 19.8 Å². The maximum atomic E-state index is 8.90. The summed E-state index contributed by atoms with van der Waals surface area (Å²) < 4.78 is 5.31. The van der Waals surface area contributed by atoms with Crippen molar-refractivity contribution in [1.29, 1.82) is 0 Å². The molecule has 0 bridgehead atoms. The topological polar surface area (TPSA) is 72.3 Å². The van der Waals surface area contributed by atoms with Crippen LogP contribution in [0.25, 0.3) is 0 Å². The molecule has 0 aliphatic heterocycles. The van der Waals surface area contributed by atoms with Crippen LogP contribution in [0.1, 0.15) is 23.3 Å². The van der Waals surface area contributed by atoms with E-state index in [1.807, 2.05) is 13.8 Å². The summed E-state index contributed by atoms with van der Waals surface area (Å²) in [6, 6.07) is 0. The van der Waals surface area contributed by atoms with Gasteiger partial charge in [0.1, 0.15) is 5.76 Å². The highest BCUT2D eigenvalue weighted by atomic mass is 16.4. The van der Waals surface area contributed by atoms with Crippen LogP contribution in [0.5, 0.6) is 0 Å². The lowest BCUT2D eigenvalue weighted by atomic mass is 10.2. The predicted molar refractivity (Wildman–Crippen MR) is 44.9 cm³/mol. The highest BCUT2D eigenvalue weighted by molar-refractivity contribution is 5.08. The molecule has 1 aromatic rings. The fourth-order valence-corrected chi connectivity index (χ4v) is 0.926. The van der Waals surface area contributed by atoms with Crippen molar-refractivity contribution in [3.05, 3.63) is 17.3 Å². The number of nitrogens with two attached hydrogens (primary N) is 1. The Morgan fingerprint density at radius 2 is 2.25 bits per heavy atom. The van der Waals surface area contributed by atoms with E-state index in [-0.39, 0.29) is 12.5 Å². The first kappa shape index (κ1) is 9.22. The van der Waals surface area contributed by atoms with Gasteiger partial charge in [-0.05, 0) is 13.8 Å². The van der Waals surface area contributed by atoms with Crippen molar-refractivity contribution < 1.29 is 9.52 Å². The first-order valence-corrected chi connectivity index (χ1v) is 3.94. The Morgan fingerprint density at radius 1 is 1.58 bits per heavy atom. The Bertz CT molecular complexity index is 234. The second-order valence-electron chi connectivity index (χ2n) is 2.81. The number of aliphatic hydroxyl groups is 1. The van der Waals surface area contributed by atoms with Crippen molar-refractivity contribution in [2.75, 3.05) is 13.2 Å². The average molecular weight is 170 g/mol. The lowest BCUT2D eigenvalue weighted by Gasteiger charge is -2.04. The van der Waals surface area contributed by atoms with E-state index >= 15 is 0 Å². The second-order valence-corrected chi connectivity index (χ2v) is 2.81. The van der Waals surface area contributed by atoms with Crippen LogP contribution in [-0.2, 0) is 0 Å². The van der Waals surface area contributed by atoms with Crippen LogP contribution in [0.3, 0.4) is 0 Å². The molecule has 1 rings (SSSR count). The molecule has 3 N–H and O–H groups in total. The van der Waals surface area contributed by atoms with E-state index in [1.165, 1.54) is 0 Å². The number of rotatable bonds is 3. The number of oxazole rings is 1. The average Bonchev–Trinajstić information content (AvgIpc) is 2.35. The second kappa shape index (κ2) is 3.69. The first-order chi connectivity index (χ1) is 5.69. The molecule has 1 unspecified atom stereocenters. The fourth-order valence-electron chi connectivity index (χ4n) is 0.926. The summed E-state index contributed by atoms with van der Waals surface area (Å²) in [5.74, 6) is 1.16. The first-order valence-electron chi connectivity index (χ1n) is 3.94. The zero-order chi connectivity index (χ0) is 9.14. The largest absolute Gasteiger partial charge is 0.445 e. The molecule has 0 saturated heterocycles. The minimum atomic E-state index is -0.169. The van der Waals surface area contributed by atoms with Gasteiger partial charge in [0, 0.05) is 6.54 Å². The smallest absolute Gasteiger partial charge is 0.201 e. The highest BCUT2D eigenvalue weighted by Crippen LogP contribution is 2.16. The van der Waals surface area contributed by atoms with Gasteiger partial charge in [0.2, 0.25) is 5.89 Å². The van der Waals surface area contributed by atoms with Crippen molar-refractivity contribution in [3.63, 3.8) is 0 Å². The van der Waals surface area contributed by atoms with Crippen LogP contribution in [0.4, 0.5) is 0 Å². The highest BCUT2D eigenvalue weighted by Gasteiger charge is 2.15. The quantitative estimate of drug-likeness (QED) is 0.685. The van der Waals surface area contributed by atoms with Gasteiger partial charge in [-0.15, -0.1) is 0 Å². The Balaban J connectivity index is 2.86. The van der Waals surface area contributed by atoms with E-state index in [0.717, 1.165) is 11.5 Å².